The summed E-state index contributed by atoms with van der Waals surface area (Å²) in [5.41, 5.74) is 1.57. The van der Waals surface area contributed by atoms with Gasteiger partial charge in [-0.2, -0.15) is 0 Å². The first-order chi connectivity index (χ1) is 11.0. The highest BCUT2D eigenvalue weighted by Gasteiger charge is 2.05. The van der Waals surface area contributed by atoms with Crippen molar-refractivity contribution in [3.05, 3.63) is 35.4 Å². The zero-order valence-electron chi connectivity index (χ0n) is 14.2. The third kappa shape index (κ3) is 8.21. The lowest BCUT2D eigenvalue weighted by atomic mass is 10.1. The van der Waals surface area contributed by atoms with Crippen molar-refractivity contribution in [2.75, 3.05) is 19.6 Å². The van der Waals surface area contributed by atoms with Gasteiger partial charge >= 0.3 is 6.03 Å². The van der Waals surface area contributed by atoms with Gasteiger partial charge < -0.3 is 21.3 Å². The summed E-state index contributed by atoms with van der Waals surface area (Å²) in [5, 5.41) is 11.6. The maximum absolute atomic E-state index is 12.0. The van der Waals surface area contributed by atoms with Gasteiger partial charge in [-0.15, -0.1) is 0 Å². The number of urea groups is 1. The number of carbonyl (C=O) groups is 2. The predicted octanol–water partition coefficient (Wildman–Crippen LogP) is 1.62. The Bertz CT molecular complexity index is 486. The average Bonchev–Trinajstić information content (AvgIpc) is 2.52. The highest BCUT2D eigenvalue weighted by molar-refractivity contribution is 5.94. The Hall–Kier alpha value is -2.08. The average molecular weight is 320 g/mol. The molecule has 0 radical (unpaired) electrons. The van der Waals surface area contributed by atoms with Crippen molar-refractivity contribution in [3.63, 3.8) is 0 Å². The maximum Gasteiger partial charge on any atom is 0.315 e. The summed E-state index contributed by atoms with van der Waals surface area (Å²) >= 11 is 0. The number of hydrogen-bond acceptors (Lipinski definition) is 3. The van der Waals surface area contributed by atoms with E-state index >= 15 is 0 Å². The molecule has 6 nitrogen and oxygen atoms in total. The summed E-state index contributed by atoms with van der Waals surface area (Å²) in [5.74, 6) is -0.0830. The second-order valence-corrected chi connectivity index (χ2v) is 5.68. The number of benzene rings is 1. The largest absolute Gasteiger partial charge is 0.351 e. The number of nitrogens with one attached hydrogen (secondary N) is 4. The molecule has 0 spiro atoms. The minimum Gasteiger partial charge on any atom is -0.351 e. The van der Waals surface area contributed by atoms with Crippen molar-refractivity contribution in [2.24, 2.45) is 0 Å². The summed E-state index contributed by atoms with van der Waals surface area (Å²) in [6.07, 6.45) is 1.08. The third-order valence-corrected chi connectivity index (χ3v) is 3.10. The van der Waals surface area contributed by atoms with Crippen molar-refractivity contribution in [2.45, 2.75) is 39.8 Å². The van der Waals surface area contributed by atoms with Crippen LogP contribution in [0.25, 0.3) is 0 Å². The topological polar surface area (TPSA) is 82.3 Å². The molecule has 4 N–H and O–H groups in total. The second-order valence-electron chi connectivity index (χ2n) is 5.68. The Balaban J connectivity index is 2.34. The molecule has 0 bridgehead atoms. The molecule has 6 heteroatoms. The van der Waals surface area contributed by atoms with Crippen molar-refractivity contribution < 1.29 is 9.59 Å². The first-order valence-corrected chi connectivity index (χ1v) is 8.15. The smallest absolute Gasteiger partial charge is 0.315 e. The molecule has 0 saturated heterocycles. The predicted molar refractivity (Wildman–Crippen MR) is 92.4 cm³/mol. The fraction of sp³-hybridized carbons (Fsp3) is 0.529. The first-order valence-electron chi connectivity index (χ1n) is 8.15. The van der Waals surface area contributed by atoms with Crippen LogP contribution >= 0.6 is 0 Å². The highest BCUT2D eigenvalue weighted by Crippen LogP contribution is 2.04. The maximum atomic E-state index is 12.0. The van der Waals surface area contributed by atoms with Crippen LogP contribution < -0.4 is 21.3 Å². The van der Waals surface area contributed by atoms with E-state index in [4.69, 9.17) is 0 Å². The Kier molecular flexibility index (Phi) is 8.75. The van der Waals surface area contributed by atoms with Crippen LogP contribution in [0.3, 0.4) is 0 Å². The Morgan fingerprint density at radius 3 is 2.30 bits per heavy atom. The molecule has 1 rings (SSSR count). The number of rotatable bonds is 9. The van der Waals surface area contributed by atoms with Crippen LogP contribution in [-0.4, -0.2) is 37.6 Å². The van der Waals surface area contributed by atoms with Gasteiger partial charge in [0.2, 0.25) is 0 Å². The van der Waals surface area contributed by atoms with Gasteiger partial charge in [-0.25, -0.2) is 4.79 Å². The summed E-state index contributed by atoms with van der Waals surface area (Å²) in [4.78, 5) is 23.5. The molecule has 0 aliphatic carbocycles. The fourth-order valence-electron chi connectivity index (χ4n) is 1.94. The van der Waals surface area contributed by atoms with E-state index in [-0.39, 0.29) is 18.0 Å². The third-order valence-electron chi connectivity index (χ3n) is 3.10. The Morgan fingerprint density at radius 2 is 1.70 bits per heavy atom. The molecule has 3 amide bonds. The molecule has 0 aliphatic rings. The van der Waals surface area contributed by atoms with Gasteiger partial charge in [-0.05, 0) is 44.5 Å². The van der Waals surface area contributed by atoms with E-state index in [1.54, 1.807) is 12.1 Å². The van der Waals surface area contributed by atoms with Crippen molar-refractivity contribution in [3.8, 4) is 0 Å². The van der Waals surface area contributed by atoms with E-state index in [1.165, 1.54) is 0 Å². The van der Waals surface area contributed by atoms with Crippen LogP contribution in [0.2, 0.25) is 0 Å². The van der Waals surface area contributed by atoms with Crippen LogP contribution in [0.15, 0.2) is 24.3 Å². The van der Waals surface area contributed by atoms with Crippen LogP contribution in [0.1, 0.15) is 43.1 Å². The van der Waals surface area contributed by atoms with Crippen LogP contribution in [0, 0.1) is 0 Å². The molecule has 1 aromatic rings. The molecule has 1 aromatic carbocycles. The number of amides is 3. The van der Waals surface area contributed by atoms with Gasteiger partial charge in [0.05, 0.1) is 0 Å². The lowest BCUT2D eigenvalue weighted by Gasteiger charge is -2.10. The van der Waals surface area contributed by atoms with Gasteiger partial charge in [-0.3, -0.25) is 4.79 Å². The molecule has 0 atom stereocenters. The Morgan fingerprint density at radius 1 is 1.00 bits per heavy atom. The molecule has 128 valence electrons. The van der Waals surface area contributed by atoms with Crippen molar-refractivity contribution in [1.82, 2.24) is 21.3 Å². The van der Waals surface area contributed by atoms with Gasteiger partial charge in [0, 0.05) is 31.2 Å². The van der Waals surface area contributed by atoms with Crippen LogP contribution in [0.4, 0.5) is 4.79 Å². The molecular weight excluding hydrogens is 292 g/mol. The lowest BCUT2D eigenvalue weighted by molar-refractivity contribution is 0.0954. The van der Waals surface area contributed by atoms with E-state index in [0.717, 1.165) is 25.1 Å². The molecule has 0 aliphatic heterocycles. The standard InChI is InChI=1S/C17H28N4O2/c1-4-9-18-10-11-19-16(22)15-7-5-14(6-8-15)12-20-17(23)21-13(2)3/h5-8,13,18H,4,9-12H2,1-3H3,(H,19,22)(H2,20,21,23). The summed E-state index contributed by atoms with van der Waals surface area (Å²) < 4.78 is 0. The van der Waals surface area contributed by atoms with E-state index < -0.39 is 0 Å². The minimum absolute atomic E-state index is 0.0830. The summed E-state index contributed by atoms with van der Waals surface area (Å²) in [6.45, 7) is 8.69. The normalized spacial score (nSPS) is 10.4. The summed E-state index contributed by atoms with van der Waals surface area (Å²) in [7, 11) is 0. The molecule has 0 aromatic heterocycles. The minimum atomic E-state index is -0.193. The van der Waals surface area contributed by atoms with Gasteiger partial charge in [0.25, 0.3) is 5.91 Å². The number of hydrogen-bond donors (Lipinski definition) is 4. The fourth-order valence-corrected chi connectivity index (χ4v) is 1.94. The molecule has 0 heterocycles. The molecule has 0 fully saturated rings. The molecular formula is C17H28N4O2. The monoisotopic (exact) mass is 320 g/mol. The highest BCUT2D eigenvalue weighted by atomic mass is 16.2. The van der Waals surface area contributed by atoms with E-state index in [1.807, 2.05) is 26.0 Å². The molecule has 0 saturated carbocycles. The Labute approximate surface area is 138 Å². The summed E-state index contributed by atoms with van der Waals surface area (Å²) in [6, 6.07) is 7.15. The van der Waals surface area contributed by atoms with Crippen LogP contribution in [-0.2, 0) is 6.54 Å². The quantitative estimate of drug-likeness (QED) is 0.522. The zero-order chi connectivity index (χ0) is 17.1. The van der Waals surface area contributed by atoms with Gasteiger partial charge in [0.1, 0.15) is 0 Å². The van der Waals surface area contributed by atoms with Crippen molar-refractivity contribution in [1.29, 1.82) is 0 Å². The van der Waals surface area contributed by atoms with Crippen molar-refractivity contribution >= 4 is 11.9 Å². The molecule has 0 unspecified atom stereocenters. The van der Waals surface area contributed by atoms with Gasteiger partial charge in [0.15, 0.2) is 0 Å². The van der Waals surface area contributed by atoms with E-state index in [0.29, 0.717) is 18.7 Å². The lowest BCUT2D eigenvalue weighted by Crippen LogP contribution is -2.39. The van der Waals surface area contributed by atoms with E-state index in [9.17, 15) is 9.59 Å². The van der Waals surface area contributed by atoms with Crippen LogP contribution in [0.5, 0.6) is 0 Å². The molecule has 23 heavy (non-hydrogen) atoms. The SMILES string of the molecule is CCCNCCNC(=O)c1ccc(CNC(=O)NC(C)C)cc1. The zero-order valence-corrected chi connectivity index (χ0v) is 14.2. The first kappa shape index (κ1) is 19.0. The second kappa shape index (κ2) is 10.6. The van der Waals surface area contributed by atoms with E-state index in [2.05, 4.69) is 28.2 Å². The van der Waals surface area contributed by atoms with Gasteiger partial charge in [-0.1, -0.05) is 19.1 Å². The number of carbonyl (C=O) groups excluding carboxylic acids is 2.